The Morgan fingerprint density at radius 1 is 1.56 bits per heavy atom. The minimum absolute atomic E-state index is 0.849. The Hall–Kier alpha value is -0.260. The highest BCUT2D eigenvalue weighted by molar-refractivity contribution is 5.08. The lowest BCUT2D eigenvalue weighted by Gasteiger charge is -2.09. The summed E-state index contributed by atoms with van der Waals surface area (Å²) in [6.45, 7) is 6.85. The zero-order chi connectivity index (χ0) is 6.85. The summed E-state index contributed by atoms with van der Waals surface area (Å²) in [6.07, 6.45) is 5.16. The molecule has 0 unspecified atom stereocenters. The van der Waals surface area contributed by atoms with E-state index in [1.807, 2.05) is 0 Å². The van der Waals surface area contributed by atoms with Gasteiger partial charge in [0.2, 0.25) is 0 Å². The molecular weight excluding hydrogens is 108 g/mol. The van der Waals surface area contributed by atoms with E-state index in [1.54, 1.807) is 5.57 Å². The summed E-state index contributed by atoms with van der Waals surface area (Å²) in [6, 6.07) is 0. The maximum absolute atomic E-state index is 2.44. The van der Waals surface area contributed by atoms with Crippen LogP contribution in [0.3, 0.4) is 0 Å². The van der Waals surface area contributed by atoms with Gasteiger partial charge < -0.3 is 0 Å². The Morgan fingerprint density at radius 3 is 2.44 bits per heavy atom. The first-order valence-electron chi connectivity index (χ1n) is 3.87. The van der Waals surface area contributed by atoms with Gasteiger partial charge in [-0.3, -0.25) is 0 Å². The van der Waals surface area contributed by atoms with Crippen molar-refractivity contribution >= 4 is 0 Å². The molecule has 0 N–H and O–H groups in total. The maximum Gasteiger partial charge on any atom is -0.0205 e. The van der Waals surface area contributed by atoms with Crippen LogP contribution in [0.15, 0.2) is 11.6 Å². The molecule has 1 aliphatic carbocycles. The van der Waals surface area contributed by atoms with Gasteiger partial charge in [-0.25, -0.2) is 0 Å². The minimum atomic E-state index is 0.849. The van der Waals surface area contributed by atoms with Crippen LogP contribution in [0.5, 0.6) is 0 Å². The van der Waals surface area contributed by atoms with Crippen LogP contribution in [0, 0.1) is 11.8 Å². The Kier molecular flexibility index (Phi) is 1.94. The fourth-order valence-electron chi connectivity index (χ4n) is 1.45. The highest BCUT2D eigenvalue weighted by Gasteiger charge is 2.15. The Balaban J connectivity index is 2.47. The molecule has 1 rings (SSSR count). The van der Waals surface area contributed by atoms with Crippen LogP contribution < -0.4 is 0 Å². The largest absolute Gasteiger partial charge is 0.0822 e. The Bertz CT molecular complexity index is 120. The molecule has 0 heteroatoms. The Morgan fingerprint density at radius 2 is 2.22 bits per heavy atom. The number of hydrogen-bond acceptors (Lipinski definition) is 0. The second-order valence-corrected chi connectivity index (χ2v) is 3.46. The normalized spacial score (nSPS) is 27.1. The summed E-state index contributed by atoms with van der Waals surface area (Å²) in [5, 5.41) is 0. The summed E-state index contributed by atoms with van der Waals surface area (Å²) in [5.74, 6) is 1.73. The topological polar surface area (TPSA) is 0 Å². The van der Waals surface area contributed by atoms with Gasteiger partial charge in [-0.2, -0.15) is 0 Å². The zero-order valence-electron chi connectivity index (χ0n) is 6.65. The summed E-state index contributed by atoms with van der Waals surface area (Å²) in [5.41, 5.74) is 1.59. The fourth-order valence-corrected chi connectivity index (χ4v) is 1.45. The smallest absolute Gasteiger partial charge is 0.0205 e. The average Bonchev–Trinajstić information content (AvgIpc) is 2.14. The molecule has 0 aromatic carbocycles. The van der Waals surface area contributed by atoms with Gasteiger partial charge in [-0.05, 0) is 31.6 Å². The number of hydrogen-bond donors (Lipinski definition) is 0. The molecule has 1 aliphatic rings. The third-order valence-corrected chi connectivity index (χ3v) is 2.23. The molecule has 9 heavy (non-hydrogen) atoms. The van der Waals surface area contributed by atoms with E-state index in [4.69, 9.17) is 0 Å². The minimum Gasteiger partial charge on any atom is -0.0822 e. The molecule has 0 nitrogen and oxygen atoms in total. The first-order valence-corrected chi connectivity index (χ1v) is 3.87. The van der Waals surface area contributed by atoms with Crippen LogP contribution in [0.25, 0.3) is 0 Å². The molecule has 1 atom stereocenters. The van der Waals surface area contributed by atoms with E-state index in [-0.39, 0.29) is 0 Å². The second kappa shape index (κ2) is 2.55. The molecule has 0 fully saturated rings. The maximum atomic E-state index is 2.44. The first kappa shape index (κ1) is 6.85. The van der Waals surface area contributed by atoms with Crippen molar-refractivity contribution in [3.63, 3.8) is 0 Å². The van der Waals surface area contributed by atoms with Gasteiger partial charge in [0.1, 0.15) is 0 Å². The molecule has 0 radical (unpaired) electrons. The molecule has 0 spiro atoms. The standard InChI is InChI=1S/C9H16/c1-7(2)9-5-4-8(3)6-9/h6-7,9H,4-5H2,1-3H3/t9-/m1/s1. The van der Waals surface area contributed by atoms with Gasteiger partial charge >= 0.3 is 0 Å². The molecule has 0 amide bonds. The fraction of sp³-hybridized carbons (Fsp3) is 0.778. The predicted molar refractivity (Wildman–Crippen MR) is 41.3 cm³/mol. The van der Waals surface area contributed by atoms with E-state index in [2.05, 4.69) is 26.8 Å². The molecule has 52 valence electrons. The number of allylic oxidation sites excluding steroid dienone is 2. The van der Waals surface area contributed by atoms with E-state index >= 15 is 0 Å². The third-order valence-electron chi connectivity index (χ3n) is 2.23. The molecule has 0 saturated carbocycles. The van der Waals surface area contributed by atoms with Crippen LogP contribution in [0.2, 0.25) is 0 Å². The monoisotopic (exact) mass is 124 g/mol. The van der Waals surface area contributed by atoms with Gasteiger partial charge in [0.15, 0.2) is 0 Å². The molecule has 0 aromatic rings. The van der Waals surface area contributed by atoms with E-state index in [9.17, 15) is 0 Å². The van der Waals surface area contributed by atoms with Gasteiger partial charge in [0.25, 0.3) is 0 Å². The molecular formula is C9H16. The third kappa shape index (κ3) is 1.57. The summed E-state index contributed by atoms with van der Waals surface area (Å²) in [4.78, 5) is 0. The lowest BCUT2D eigenvalue weighted by Crippen LogP contribution is -2.00. The van der Waals surface area contributed by atoms with Crippen LogP contribution in [0.1, 0.15) is 33.6 Å². The van der Waals surface area contributed by atoms with Crippen LogP contribution in [-0.4, -0.2) is 0 Å². The predicted octanol–water partition coefficient (Wildman–Crippen LogP) is 3.00. The first-order chi connectivity index (χ1) is 4.20. The highest BCUT2D eigenvalue weighted by Crippen LogP contribution is 2.28. The van der Waals surface area contributed by atoms with E-state index in [0.29, 0.717) is 0 Å². The lowest BCUT2D eigenvalue weighted by molar-refractivity contribution is 0.458. The lowest BCUT2D eigenvalue weighted by atomic mass is 9.96. The SMILES string of the molecule is CC1=C[C@H](C(C)C)CC1. The van der Waals surface area contributed by atoms with Crippen LogP contribution >= 0.6 is 0 Å². The van der Waals surface area contributed by atoms with Crippen molar-refractivity contribution in [2.24, 2.45) is 11.8 Å². The van der Waals surface area contributed by atoms with Gasteiger partial charge in [-0.1, -0.05) is 25.5 Å². The molecule has 0 bridgehead atoms. The van der Waals surface area contributed by atoms with Crippen LogP contribution in [0.4, 0.5) is 0 Å². The van der Waals surface area contributed by atoms with Crippen molar-refractivity contribution < 1.29 is 0 Å². The Labute approximate surface area is 58.0 Å². The summed E-state index contributed by atoms with van der Waals surface area (Å²) >= 11 is 0. The van der Waals surface area contributed by atoms with Crippen molar-refractivity contribution in [3.05, 3.63) is 11.6 Å². The average molecular weight is 124 g/mol. The van der Waals surface area contributed by atoms with Crippen molar-refractivity contribution in [2.75, 3.05) is 0 Å². The van der Waals surface area contributed by atoms with Gasteiger partial charge in [0, 0.05) is 0 Å². The number of rotatable bonds is 1. The second-order valence-electron chi connectivity index (χ2n) is 3.46. The van der Waals surface area contributed by atoms with Crippen molar-refractivity contribution in [2.45, 2.75) is 33.6 Å². The van der Waals surface area contributed by atoms with Crippen molar-refractivity contribution in [1.82, 2.24) is 0 Å². The highest BCUT2D eigenvalue weighted by atomic mass is 14.2. The van der Waals surface area contributed by atoms with E-state index in [0.717, 1.165) is 11.8 Å². The van der Waals surface area contributed by atoms with Crippen molar-refractivity contribution in [3.8, 4) is 0 Å². The molecule has 0 heterocycles. The zero-order valence-corrected chi connectivity index (χ0v) is 6.65. The van der Waals surface area contributed by atoms with Gasteiger partial charge in [0.05, 0.1) is 0 Å². The van der Waals surface area contributed by atoms with Crippen molar-refractivity contribution in [1.29, 1.82) is 0 Å². The van der Waals surface area contributed by atoms with E-state index < -0.39 is 0 Å². The summed E-state index contributed by atoms with van der Waals surface area (Å²) in [7, 11) is 0. The van der Waals surface area contributed by atoms with Gasteiger partial charge in [-0.15, -0.1) is 0 Å². The van der Waals surface area contributed by atoms with Crippen LogP contribution in [-0.2, 0) is 0 Å². The van der Waals surface area contributed by atoms with E-state index in [1.165, 1.54) is 12.8 Å². The molecule has 0 saturated heterocycles. The quantitative estimate of drug-likeness (QED) is 0.471. The molecule has 0 aliphatic heterocycles. The molecule has 0 aromatic heterocycles. The summed E-state index contributed by atoms with van der Waals surface area (Å²) < 4.78 is 0.